The van der Waals surface area contributed by atoms with Crippen LogP contribution in [0.4, 0.5) is 0 Å². The molecule has 0 aliphatic heterocycles. The number of rotatable bonds is 0. The fraction of sp³-hybridized carbons (Fsp3) is 0.762. The van der Waals surface area contributed by atoms with Crippen LogP contribution in [0.2, 0.25) is 0 Å². The van der Waals surface area contributed by atoms with E-state index in [9.17, 15) is 9.90 Å². The third-order valence-corrected chi connectivity index (χ3v) is 7.93. The van der Waals surface area contributed by atoms with E-state index in [1.165, 1.54) is 5.57 Å². The summed E-state index contributed by atoms with van der Waals surface area (Å²) in [6.45, 7) is 4.60. The minimum atomic E-state index is -0.917. The number of hydrogen-bond acceptors (Lipinski definition) is 2. The maximum Gasteiger partial charge on any atom is 0.137 e. The van der Waals surface area contributed by atoms with Gasteiger partial charge in [0.2, 0.25) is 0 Å². The second-order valence-corrected chi connectivity index (χ2v) is 8.82. The Morgan fingerprint density at radius 3 is 2.78 bits per heavy atom. The van der Waals surface area contributed by atoms with Crippen LogP contribution >= 0.6 is 0 Å². The lowest BCUT2D eigenvalue weighted by atomic mass is 9.50. The zero-order chi connectivity index (χ0) is 16.4. The molecular formula is C21H28O2. The molecule has 2 saturated carbocycles. The maximum atomic E-state index is 11.9. The maximum absolute atomic E-state index is 11.9. The number of carbonyl (C=O) groups is 1. The molecule has 0 bridgehead atoms. The number of hydrogen-bond donors (Lipinski definition) is 1. The average molecular weight is 312 g/mol. The van der Waals surface area contributed by atoms with Crippen LogP contribution in [0.25, 0.3) is 0 Å². The molecule has 2 fully saturated rings. The van der Waals surface area contributed by atoms with Gasteiger partial charge in [0.1, 0.15) is 11.4 Å². The van der Waals surface area contributed by atoms with Crippen molar-refractivity contribution in [1.29, 1.82) is 0 Å². The summed E-state index contributed by atoms with van der Waals surface area (Å²) in [6.07, 6.45) is 13.2. The molecule has 0 saturated heterocycles. The topological polar surface area (TPSA) is 37.3 Å². The van der Waals surface area contributed by atoms with Crippen molar-refractivity contribution in [1.82, 2.24) is 0 Å². The minimum absolute atomic E-state index is 0.125. The summed E-state index contributed by atoms with van der Waals surface area (Å²) in [4.78, 5) is 11.9. The van der Waals surface area contributed by atoms with Crippen LogP contribution in [-0.4, -0.2) is 16.5 Å². The molecule has 124 valence electrons. The van der Waals surface area contributed by atoms with E-state index in [0.29, 0.717) is 35.9 Å². The molecule has 0 heterocycles. The molecule has 1 N–H and O–H groups in total. The molecule has 4 rings (SSSR count). The molecule has 6 atom stereocenters. The van der Waals surface area contributed by atoms with Gasteiger partial charge in [0.15, 0.2) is 0 Å². The van der Waals surface area contributed by atoms with E-state index in [1.54, 1.807) is 5.57 Å². The van der Waals surface area contributed by atoms with Crippen LogP contribution in [0.1, 0.15) is 65.2 Å². The second-order valence-electron chi connectivity index (χ2n) is 8.82. The smallest absolute Gasteiger partial charge is 0.137 e. The quantitative estimate of drug-likeness (QED) is 0.544. The number of ketones is 1. The largest absolute Gasteiger partial charge is 0.377 e. The van der Waals surface area contributed by atoms with Gasteiger partial charge in [-0.3, -0.25) is 4.79 Å². The predicted molar refractivity (Wildman–Crippen MR) is 90.5 cm³/mol. The normalized spacial score (nSPS) is 49.2. The summed E-state index contributed by atoms with van der Waals surface area (Å²) in [5.41, 5.74) is 2.04. The molecule has 4 unspecified atom stereocenters. The van der Waals surface area contributed by atoms with Gasteiger partial charge in [0.25, 0.3) is 0 Å². The van der Waals surface area contributed by atoms with Crippen molar-refractivity contribution in [2.45, 2.75) is 70.8 Å². The molecule has 0 radical (unpaired) electrons. The Kier molecular flexibility index (Phi) is 3.34. The van der Waals surface area contributed by atoms with E-state index in [2.05, 4.69) is 19.8 Å². The summed E-state index contributed by atoms with van der Waals surface area (Å²) in [5, 5.41) is 11.0. The first kappa shape index (κ1) is 15.5. The monoisotopic (exact) mass is 312 g/mol. The molecule has 23 heavy (non-hydrogen) atoms. The lowest BCUT2D eigenvalue weighted by Gasteiger charge is -2.55. The van der Waals surface area contributed by atoms with Crippen LogP contribution in [0.15, 0.2) is 11.1 Å². The molecule has 2 heteroatoms. The van der Waals surface area contributed by atoms with E-state index < -0.39 is 5.60 Å². The number of aliphatic hydroxyl groups is 1. The standard InChI is InChI=1S/C21H28O2/c1-4-21(23)10-8-18-19-13(2)11-14-12-15(22)5-6-16(14)17(19)7-9-20(18,21)3/h1,13,17-19,23H,5-12H2,2-3H3/t13-,17?,18?,19?,20?,21+/m1/s1. The van der Waals surface area contributed by atoms with E-state index >= 15 is 0 Å². The third kappa shape index (κ3) is 1.96. The lowest BCUT2D eigenvalue weighted by Crippen LogP contribution is -2.52. The molecule has 0 amide bonds. The zero-order valence-corrected chi connectivity index (χ0v) is 14.4. The van der Waals surface area contributed by atoms with Crippen LogP contribution < -0.4 is 0 Å². The second kappa shape index (κ2) is 4.96. The Labute approximate surface area is 139 Å². The minimum Gasteiger partial charge on any atom is -0.377 e. The van der Waals surface area contributed by atoms with Gasteiger partial charge in [-0.05, 0) is 62.2 Å². The molecule has 0 aromatic rings. The van der Waals surface area contributed by atoms with Crippen LogP contribution in [0, 0.1) is 41.4 Å². The van der Waals surface area contributed by atoms with Gasteiger partial charge in [-0.25, -0.2) is 0 Å². The van der Waals surface area contributed by atoms with Crippen LogP contribution in [-0.2, 0) is 4.79 Å². The van der Waals surface area contributed by atoms with Crippen molar-refractivity contribution in [3.8, 4) is 12.3 Å². The Morgan fingerprint density at radius 2 is 2.04 bits per heavy atom. The zero-order valence-electron chi connectivity index (χ0n) is 14.4. The van der Waals surface area contributed by atoms with Crippen molar-refractivity contribution in [3.05, 3.63) is 11.1 Å². The summed E-state index contributed by atoms with van der Waals surface area (Å²) in [7, 11) is 0. The molecule has 2 nitrogen and oxygen atoms in total. The highest BCUT2D eigenvalue weighted by atomic mass is 16.3. The average Bonchev–Trinajstić information content (AvgIpc) is 2.79. The predicted octanol–water partition coefficient (Wildman–Crippen LogP) is 3.88. The summed E-state index contributed by atoms with van der Waals surface area (Å²) >= 11 is 0. The molecule has 0 aromatic carbocycles. The van der Waals surface area contributed by atoms with E-state index in [4.69, 9.17) is 6.42 Å². The third-order valence-electron chi connectivity index (χ3n) is 7.93. The van der Waals surface area contributed by atoms with Crippen LogP contribution in [0.3, 0.4) is 0 Å². The van der Waals surface area contributed by atoms with E-state index in [0.717, 1.165) is 44.9 Å². The Morgan fingerprint density at radius 1 is 1.26 bits per heavy atom. The van der Waals surface area contributed by atoms with Gasteiger partial charge >= 0.3 is 0 Å². The molecular weight excluding hydrogens is 284 g/mol. The van der Waals surface area contributed by atoms with E-state index in [-0.39, 0.29) is 5.41 Å². The summed E-state index contributed by atoms with van der Waals surface area (Å²) in [5.74, 6) is 5.60. The Hall–Kier alpha value is -1.07. The van der Waals surface area contributed by atoms with Gasteiger partial charge < -0.3 is 5.11 Å². The number of terminal acetylenes is 1. The van der Waals surface area contributed by atoms with E-state index in [1.807, 2.05) is 0 Å². The molecule has 0 aromatic heterocycles. The first-order chi connectivity index (χ1) is 10.9. The number of fused-ring (bicyclic) bond motifs is 4. The lowest BCUT2D eigenvalue weighted by molar-refractivity contribution is -0.119. The van der Waals surface area contributed by atoms with Gasteiger partial charge in [-0.1, -0.05) is 30.9 Å². The fourth-order valence-corrected chi connectivity index (χ4v) is 6.72. The molecule has 4 aliphatic rings. The number of Topliss-reactive ketones (excluding diaryl/α,β-unsaturated/α-hetero) is 1. The summed E-state index contributed by atoms with van der Waals surface area (Å²) in [6, 6.07) is 0. The number of carbonyl (C=O) groups excluding carboxylic acids is 1. The van der Waals surface area contributed by atoms with Crippen molar-refractivity contribution in [3.63, 3.8) is 0 Å². The Balaban J connectivity index is 1.72. The van der Waals surface area contributed by atoms with Crippen molar-refractivity contribution in [2.24, 2.45) is 29.1 Å². The highest BCUT2D eigenvalue weighted by Gasteiger charge is 2.62. The highest BCUT2D eigenvalue weighted by Crippen LogP contribution is 2.65. The first-order valence-electron chi connectivity index (χ1n) is 9.32. The van der Waals surface area contributed by atoms with Gasteiger partial charge in [0.05, 0.1) is 0 Å². The molecule has 0 spiro atoms. The fourth-order valence-electron chi connectivity index (χ4n) is 6.72. The van der Waals surface area contributed by atoms with Gasteiger partial charge in [-0.2, -0.15) is 0 Å². The van der Waals surface area contributed by atoms with Crippen LogP contribution in [0.5, 0.6) is 0 Å². The first-order valence-corrected chi connectivity index (χ1v) is 9.32. The molecule has 4 aliphatic carbocycles. The SMILES string of the molecule is C#C[C@]1(O)CCC2C3C(CCC21C)C1=C(CC(=O)CC1)C[C@H]3C. The number of allylic oxidation sites excluding steroid dienone is 2. The van der Waals surface area contributed by atoms with Crippen molar-refractivity contribution >= 4 is 5.78 Å². The van der Waals surface area contributed by atoms with Gasteiger partial charge in [-0.15, -0.1) is 6.42 Å². The highest BCUT2D eigenvalue weighted by molar-refractivity contribution is 5.82. The summed E-state index contributed by atoms with van der Waals surface area (Å²) < 4.78 is 0. The van der Waals surface area contributed by atoms with Crippen molar-refractivity contribution in [2.75, 3.05) is 0 Å². The van der Waals surface area contributed by atoms with Gasteiger partial charge in [0, 0.05) is 18.3 Å². The Bertz CT molecular complexity index is 624. The van der Waals surface area contributed by atoms with Crippen molar-refractivity contribution < 1.29 is 9.90 Å².